The van der Waals surface area contributed by atoms with Crippen molar-refractivity contribution in [2.45, 2.75) is 25.7 Å². The molecule has 8 rings (SSSR count). The first kappa shape index (κ1) is 58.7. The summed E-state index contributed by atoms with van der Waals surface area (Å²) in [5.74, 6) is 1.79. The van der Waals surface area contributed by atoms with Gasteiger partial charge >= 0.3 is 149 Å². The molecule has 2 saturated carbocycles. The Morgan fingerprint density at radius 1 is 0.364 bits per heavy atom. The molecule has 0 bridgehead atoms. The standard InChI is InChI=1S/2C22H22P.4BrH.4Mn.2H2O.10O/c2*1-4-10-20(11-5-1)23(18-19-16-17-19,21-12-6-2-7-13-21)22-14-8-3-9-15-22;;;;;;;;;;;;;;;;;;;;/h2*1-15,19H,16-18H2;4*1H;;;;;2*1H2;;;;;;;;;;/q2*+1;;;;;2*+1;2*+2;;;;;;;;;;;2*-1/p-6. The molecule has 2 aliphatic carbocycles. The molecule has 6 aromatic carbocycles. The summed E-state index contributed by atoms with van der Waals surface area (Å²) in [5, 5.41) is 9.11. The van der Waals surface area contributed by atoms with Crippen molar-refractivity contribution in [3.8, 4) is 0 Å². The summed E-state index contributed by atoms with van der Waals surface area (Å²) in [6, 6.07) is 67.3. The minimum atomic E-state index is -4.56. The molecule has 0 saturated heterocycles. The molecule has 2 N–H and O–H groups in total. The average Bonchev–Trinajstić information content (AvgIpc) is 4.20. The van der Waals surface area contributed by atoms with Crippen LogP contribution in [0.15, 0.2) is 182 Å². The van der Waals surface area contributed by atoms with Gasteiger partial charge in [-0.25, -0.2) is 0 Å². The van der Waals surface area contributed by atoms with Crippen molar-refractivity contribution < 1.29 is 92.4 Å². The van der Waals surface area contributed by atoms with E-state index in [9.17, 15) is 0 Å². The van der Waals surface area contributed by atoms with E-state index in [0.29, 0.717) is 0 Å². The Morgan fingerprint density at radius 3 is 0.591 bits per heavy atom. The van der Waals surface area contributed by atoms with Crippen LogP contribution in [0.3, 0.4) is 0 Å². The Balaban J connectivity index is 0.000000250. The molecular formula is C44H46Br4Mn4O12P2. The van der Waals surface area contributed by atoms with E-state index in [4.69, 9.17) is 47.4 Å². The van der Waals surface area contributed by atoms with E-state index in [1.807, 2.05) is 56.4 Å². The third-order valence-electron chi connectivity index (χ3n) is 9.64. The molecule has 6 aromatic rings. The van der Waals surface area contributed by atoms with Gasteiger partial charge in [0.15, 0.2) is 0 Å². The molecule has 0 radical (unpaired) electrons. The van der Waals surface area contributed by atoms with Crippen LogP contribution in [0.4, 0.5) is 0 Å². The van der Waals surface area contributed by atoms with Crippen molar-refractivity contribution >= 4 is 103 Å². The van der Waals surface area contributed by atoms with E-state index in [1.54, 1.807) is 0 Å². The summed E-state index contributed by atoms with van der Waals surface area (Å²) in [4.78, 5) is 0. The molecule has 2 aliphatic rings. The maximum Gasteiger partial charge on any atom is 0.112 e. The molecule has 12 nitrogen and oxygen atoms in total. The van der Waals surface area contributed by atoms with Crippen molar-refractivity contribution in [1.82, 2.24) is 0 Å². The zero-order valence-electron chi connectivity index (χ0n) is 34.6. The Labute approximate surface area is 422 Å². The maximum absolute atomic E-state index is 9.16. The number of hydrogen-bond acceptors (Lipinski definition) is 10. The van der Waals surface area contributed by atoms with Crippen molar-refractivity contribution in [2.75, 3.05) is 12.3 Å². The zero-order valence-corrected chi connectivity index (χ0v) is 47.5. The average molecular weight is 1370 g/mol. The predicted molar refractivity (Wildman–Crippen MR) is 251 cm³/mol. The Kier molecular flexibility index (Phi) is 24.7. The summed E-state index contributed by atoms with van der Waals surface area (Å²) in [5.41, 5.74) is 0. The summed E-state index contributed by atoms with van der Waals surface area (Å²) >= 11 is -10.1. The summed E-state index contributed by atoms with van der Waals surface area (Å²) in [6.45, 7) is 0. The van der Waals surface area contributed by atoms with Crippen LogP contribution in [0.1, 0.15) is 25.7 Å². The summed E-state index contributed by atoms with van der Waals surface area (Å²) < 4.78 is 106. The molecule has 2 fully saturated rings. The van der Waals surface area contributed by atoms with E-state index in [-0.39, 0.29) is 0 Å². The first-order valence-electron chi connectivity index (χ1n) is 19.3. The molecule has 0 aromatic heterocycles. The van der Waals surface area contributed by atoms with Gasteiger partial charge in [0.05, 0.1) is 12.3 Å². The van der Waals surface area contributed by atoms with Gasteiger partial charge in [-0.3, -0.25) is 0 Å². The van der Waals surface area contributed by atoms with E-state index in [0.717, 1.165) is 11.8 Å². The van der Waals surface area contributed by atoms with E-state index in [2.05, 4.69) is 182 Å². The molecule has 0 heterocycles. The molecule has 0 unspecified atom stereocenters. The van der Waals surface area contributed by atoms with Gasteiger partial charge in [0.2, 0.25) is 0 Å². The van der Waals surface area contributed by atoms with Gasteiger partial charge in [-0.1, -0.05) is 109 Å². The fourth-order valence-electron chi connectivity index (χ4n) is 7.00. The van der Waals surface area contributed by atoms with E-state index < -0.39 is 59.4 Å². The van der Waals surface area contributed by atoms with Crippen molar-refractivity contribution in [1.29, 1.82) is 0 Å². The Bertz CT molecular complexity index is 2320. The minimum absolute atomic E-state index is 0.893. The molecule has 0 aliphatic heterocycles. The molecular weight excluding hydrogens is 1320 g/mol. The van der Waals surface area contributed by atoms with Crippen LogP contribution in [-0.4, -0.2) is 20.7 Å². The van der Waals surface area contributed by atoms with Gasteiger partial charge in [-0.15, -0.1) is 0 Å². The van der Waals surface area contributed by atoms with Crippen molar-refractivity contribution in [3.63, 3.8) is 0 Å². The molecule has 0 amide bonds. The number of rotatable bonds is 10. The van der Waals surface area contributed by atoms with Gasteiger partial charge in [-0.05, 0) is 110 Å². The van der Waals surface area contributed by atoms with Gasteiger partial charge in [-0.2, -0.15) is 0 Å². The third kappa shape index (κ3) is 24.3. The van der Waals surface area contributed by atoms with Crippen LogP contribution in [0.2, 0.25) is 0 Å². The van der Waals surface area contributed by atoms with E-state index in [1.165, 1.54) is 69.8 Å². The number of benzene rings is 6. The maximum atomic E-state index is 9.16. The van der Waals surface area contributed by atoms with Crippen LogP contribution < -0.4 is 40.2 Å². The minimum Gasteiger partial charge on any atom is -0.0620 e. The Hall–Kier alpha value is -1.58. The van der Waals surface area contributed by atoms with Crippen LogP contribution in [0.25, 0.3) is 0 Å². The second-order valence-corrected chi connectivity index (χ2v) is 38.4. The van der Waals surface area contributed by atoms with Crippen molar-refractivity contribution in [3.05, 3.63) is 182 Å². The Morgan fingerprint density at radius 2 is 0.485 bits per heavy atom. The molecule has 360 valence electrons. The fraction of sp³-hybridized carbons (Fsp3) is 0.182. The summed E-state index contributed by atoms with van der Waals surface area (Å²) in [6.07, 6.45) is 8.21. The smallest absolute Gasteiger partial charge is 0.0620 e. The van der Waals surface area contributed by atoms with Crippen LogP contribution >= 0.6 is 71.0 Å². The largest absolute Gasteiger partial charge is 0.112 e. The first-order chi connectivity index (χ1) is 30.8. The second-order valence-electron chi connectivity index (χ2n) is 14.4. The topological polar surface area (TPSA) is 223 Å². The molecule has 0 spiro atoms. The summed E-state index contributed by atoms with van der Waals surface area (Å²) in [7, 11) is -3.09. The van der Waals surface area contributed by atoms with Crippen LogP contribution in [-0.2, 0) is 75.6 Å². The SMILES string of the molecule is [O]=[Mn](=[O])([O-])[Br].[O]=[Mn](=[O])([O-])[Br].[O]=[Mn](=[O])([OH])[Br].[O]=[Mn](=[O])([OH])[Br].c1ccc([P+](CC2CC2)(c2ccccc2)c2ccccc2)cc1.c1ccc([P+](CC2CC2)(c2ccccc2)c2ccccc2)cc1. The monoisotopic (exact) mass is 1360 g/mol. The zero-order chi connectivity index (χ0) is 49.1. The van der Waals surface area contributed by atoms with Crippen molar-refractivity contribution in [2.24, 2.45) is 11.8 Å². The van der Waals surface area contributed by atoms with Crippen LogP contribution in [0.5, 0.6) is 0 Å². The quantitative estimate of drug-likeness (QED) is 0.0995. The third-order valence-corrected chi connectivity index (χ3v) is 18.8. The first-order valence-corrected chi connectivity index (χ1v) is 40.8. The molecule has 0 atom stereocenters. The normalized spacial score (nSPS) is 13.7. The van der Waals surface area contributed by atoms with E-state index >= 15 is 0 Å². The molecule has 22 heteroatoms. The number of hydrogen-bond donors (Lipinski definition) is 2. The van der Waals surface area contributed by atoms with Gasteiger partial charge in [0, 0.05) is 0 Å². The predicted octanol–water partition coefficient (Wildman–Crippen LogP) is 7.71. The van der Waals surface area contributed by atoms with Gasteiger partial charge < -0.3 is 0 Å². The molecule has 66 heavy (non-hydrogen) atoms. The van der Waals surface area contributed by atoms with Crippen LogP contribution in [0, 0.1) is 11.8 Å². The fourth-order valence-corrected chi connectivity index (χ4v) is 16.4. The number of halogens is 4. The van der Waals surface area contributed by atoms with Gasteiger partial charge in [0.25, 0.3) is 0 Å². The second kappa shape index (κ2) is 27.7. The van der Waals surface area contributed by atoms with Gasteiger partial charge in [0.1, 0.15) is 46.4 Å².